The maximum Gasteiger partial charge on any atom is 0.252 e. The lowest BCUT2D eigenvalue weighted by molar-refractivity contribution is 0.0632. The fourth-order valence-corrected chi connectivity index (χ4v) is 4.83. The summed E-state index contributed by atoms with van der Waals surface area (Å²) in [5.74, 6) is 0. The lowest BCUT2D eigenvalue weighted by Crippen LogP contribution is -2.40. The summed E-state index contributed by atoms with van der Waals surface area (Å²) < 4.78 is 31.9. The van der Waals surface area contributed by atoms with Crippen molar-refractivity contribution in [2.24, 2.45) is 5.73 Å². The Morgan fingerprint density at radius 1 is 1.44 bits per heavy atom. The number of nitrogens with zero attached hydrogens (tertiary/aromatic N) is 1. The summed E-state index contributed by atoms with van der Waals surface area (Å²) in [5, 5.41) is 0. The van der Waals surface area contributed by atoms with E-state index in [4.69, 9.17) is 10.5 Å². The molecular weight excluding hydrogens is 272 g/mol. The first-order chi connectivity index (χ1) is 8.55. The molecule has 0 atom stereocenters. The molecule has 7 heteroatoms. The van der Waals surface area contributed by atoms with E-state index in [0.717, 1.165) is 17.7 Å². The van der Waals surface area contributed by atoms with Crippen molar-refractivity contribution in [3.05, 3.63) is 17.0 Å². The highest BCUT2D eigenvalue weighted by Gasteiger charge is 2.30. The van der Waals surface area contributed by atoms with Crippen molar-refractivity contribution >= 4 is 21.4 Å². The molecule has 2 N–H and O–H groups in total. The highest BCUT2D eigenvalue weighted by Crippen LogP contribution is 2.27. The van der Waals surface area contributed by atoms with Crippen LogP contribution < -0.4 is 5.73 Å². The summed E-state index contributed by atoms with van der Waals surface area (Å²) in [6, 6.07) is 3.44. The van der Waals surface area contributed by atoms with Gasteiger partial charge in [0.2, 0.25) is 0 Å². The zero-order valence-electron chi connectivity index (χ0n) is 10.3. The molecule has 0 aliphatic carbocycles. The van der Waals surface area contributed by atoms with Crippen LogP contribution in [0.1, 0.15) is 17.7 Å². The lowest BCUT2D eigenvalue weighted by Gasteiger charge is -2.29. The molecule has 1 aromatic rings. The summed E-state index contributed by atoms with van der Waals surface area (Å²) in [6.07, 6.45) is 1.51. The molecule has 0 saturated carbocycles. The van der Waals surface area contributed by atoms with Crippen molar-refractivity contribution in [1.82, 2.24) is 4.31 Å². The van der Waals surface area contributed by atoms with Gasteiger partial charge in [-0.15, -0.1) is 11.3 Å². The van der Waals surface area contributed by atoms with Crippen molar-refractivity contribution in [2.75, 3.05) is 20.3 Å². The molecule has 0 spiro atoms. The molecule has 5 nitrogen and oxygen atoms in total. The fraction of sp³-hybridized carbons (Fsp3) is 0.636. The van der Waals surface area contributed by atoms with Gasteiger partial charge < -0.3 is 10.5 Å². The Hall–Kier alpha value is -0.470. The van der Waals surface area contributed by atoms with Crippen molar-refractivity contribution in [1.29, 1.82) is 0 Å². The predicted octanol–water partition coefficient (Wildman–Crippen LogP) is 1.01. The maximum absolute atomic E-state index is 12.4. The van der Waals surface area contributed by atoms with Crippen molar-refractivity contribution in [2.45, 2.75) is 29.6 Å². The van der Waals surface area contributed by atoms with Crippen LogP contribution in [0, 0.1) is 0 Å². The largest absolute Gasteiger partial charge is 0.381 e. The van der Waals surface area contributed by atoms with Crippen LogP contribution in [0.2, 0.25) is 0 Å². The van der Waals surface area contributed by atoms with E-state index in [9.17, 15) is 8.42 Å². The van der Waals surface area contributed by atoms with Crippen LogP contribution >= 0.6 is 11.3 Å². The summed E-state index contributed by atoms with van der Waals surface area (Å²) in [4.78, 5) is 0.883. The maximum atomic E-state index is 12.4. The van der Waals surface area contributed by atoms with Crippen LogP contribution in [0.25, 0.3) is 0 Å². The molecule has 1 saturated heterocycles. The molecule has 0 aromatic carbocycles. The van der Waals surface area contributed by atoms with E-state index in [1.54, 1.807) is 19.2 Å². The standard InChI is InChI=1S/C11H18N2O3S2/c1-13(9-4-6-16-7-5-9)18(14,15)11-3-2-10(8-12)17-11/h2-3,9H,4-8,12H2,1H3. The van der Waals surface area contributed by atoms with Crippen LogP contribution in [0.3, 0.4) is 0 Å². The number of thiophene rings is 1. The van der Waals surface area contributed by atoms with Gasteiger partial charge in [0, 0.05) is 37.7 Å². The van der Waals surface area contributed by atoms with Crippen LogP contribution in [0.15, 0.2) is 16.3 Å². The highest BCUT2D eigenvalue weighted by atomic mass is 32.2. The zero-order valence-corrected chi connectivity index (χ0v) is 12.0. The van der Waals surface area contributed by atoms with E-state index in [0.29, 0.717) is 24.0 Å². The van der Waals surface area contributed by atoms with Gasteiger partial charge in [-0.1, -0.05) is 0 Å². The Morgan fingerprint density at radius 2 is 2.11 bits per heavy atom. The van der Waals surface area contributed by atoms with Crippen LogP contribution in [-0.2, 0) is 21.3 Å². The second-order valence-corrected chi connectivity index (χ2v) is 7.68. The van der Waals surface area contributed by atoms with Gasteiger partial charge in [-0.3, -0.25) is 0 Å². The second kappa shape index (κ2) is 5.66. The van der Waals surface area contributed by atoms with Gasteiger partial charge in [-0.2, -0.15) is 4.31 Å². The number of hydrogen-bond donors (Lipinski definition) is 1. The average Bonchev–Trinajstić information content (AvgIpc) is 2.88. The van der Waals surface area contributed by atoms with E-state index in [1.165, 1.54) is 15.6 Å². The van der Waals surface area contributed by atoms with Crippen LogP contribution in [0.4, 0.5) is 0 Å². The summed E-state index contributed by atoms with van der Waals surface area (Å²) >= 11 is 1.25. The number of nitrogens with two attached hydrogens (primary N) is 1. The Morgan fingerprint density at radius 3 is 2.67 bits per heavy atom. The Labute approximate surface area is 112 Å². The van der Waals surface area contributed by atoms with Crippen molar-refractivity contribution in [3.8, 4) is 0 Å². The first kappa shape index (κ1) is 14.0. The van der Waals surface area contributed by atoms with E-state index >= 15 is 0 Å². The molecular formula is C11H18N2O3S2. The molecule has 102 valence electrons. The molecule has 0 bridgehead atoms. The third-order valence-electron chi connectivity index (χ3n) is 3.18. The van der Waals surface area contributed by atoms with E-state index in [1.807, 2.05) is 0 Å². The third kappa shape index (κ3) is 2.75. The second-order valence-electron chi connectivity index (χ2n) is 4.29. The fourth-order valence-electron chi connectivity index (χ4n) is 1.99. The predicted molar refractivity (Wildman–Crippen MR) is 71.0 cm³/mol. The summed E-state index contributed by atoms with van der Waals surface area (Å²) in [5.41, 5.74) is 5.51. The summed E-state index contributed by atoms with van der Waals surface area (Å²) in [6.45, 7) is 1.63. The normalized spacial score (nSPS) is 18.4. The zero-order chi connectivity index (χ0) is 13.2. The minimum Gasteiger partial charge on any atom is -0.381 e. The van der Waals surface area contributed by atoms with Crippen molar-refractivity contribution < 1.29 is 13.2 Å². The van der Waals surface area contributed by atoms with Gasteiger partial charge >= 0.3 is 0 Å². The first-order valence-corrected chi connectivity index (χ1v) is 8.16. The van der Waals surface area contributed by atoms with Gasteiger partial charge in [-0.05, 0) is 25.0 Å². The molecule has 0 amide bonds. The molecule has 1 aliphatic rings. The van der Waals surface area contributed by atoms with Crippen LogP contribution in [-0.4, -0.2) is 39.0 Å². The first-order valence-electron chi connectivity index (χ1n) is 5.90. The minimum atomic E-state index is -3.39. The van der Waals surface area contributed by atoms with Gasteiger partial charge in [0.25, 0.3) is 10.0 Å². The molecule has 2 heterocycles. The topological polar surface area (TPSA) is 72.6 Å². The molecule has 2 rings (SSSR count). The minimum absolute atomic E-state index is 0.0344. The lowest BCUT2D eigenvalue weighted by atomic mass is 10.1. The average molecular weight is 290 g/mol. The SMILES string of the molecule is CN(C1CCOCC1)S(=O)(=O)c1ccc(CN)s1. The van der Waals surface area contributed by atoms with Gasteiger partial charge in [0.15, 0.2) is 0 Å². The van der Waals surface area contributed by atoms with E-state index < -0.39 is 10.0 Å². The number of ether oxygens (including phenoxy) is 1. The summed E-state index contributed by atoms with van der Waals surface area (Å²) in [7, 11) is -1.74. The van der Waals surface area contributed by atoms with Crippen molar-refractivity contribution in [3.63, 3.8) is 0 Å². The van der Waals surface area contributed by atoms with E-state index in [-0.39, 0.29) is 6.04 Å². The van der Waals surface area contributed by atoms with Gasteiger partial charge in [-0.25, -0.2) is 8.42 Å². The quantitative estimate of drug-likeness (QED) is 0.898. The molecule has 1 fully saturated rings. The molecule has 18 heavy (non-hydrogen) atoms. The highest BCUT2D eigenvalue weighted by molar-refractivity contribution is 7.91. The Bertz CT molecular complexity index is 492. The number of hydrogen-bond acceptors (Lipinski definition) is 5. The molecule has 1 aliphatic heterocycles. The van der Waals surface area contributed by atoms with Gasteiger partial charge in [0.05, 0.1) is 0 Å². The Balaban J connectivity index is 2.18. The third-order valence-corrected chi connectivity index (χ3v) is 6.66. The smallest absolute Gasteiger partial charge is 0.252 e. The van der Waals surface area contributed by atoms with E-state index in [2.05, 4.69) is 0 Å². The van der Waals surface area contributed by atoms with Gasteiger partial charge in [0.1, 0.15) is 4.21 Å². The molecule has 0 radical (unpaired) electrons. The Kier molecular flexibility index (Phi) is 4.39. The molecule has 1 aromatic heterocycles. The van der Waals surface area contributed by atoms with Crippen LogP contribution in [0.5, 0.6) is 0 Å². The molecule has 0 unspecified atom stereocenters. The monoisotopic (exact) mass is 290 g/mol. The number of rotatable bonds is 4. The number of sulfonamides is 1.